The number of alkyl halides is 3. The first-order valence-electron chi connectivity index (χ1n) is 8.70. The van der Waals surface area contributed by atoms with Gasteiger partial charge in [-0.2, -0.15) is 13.2 Å². The van der Waals surface area contributed by atoms with Crippen molar-refractivity contribution in [3.05, 3.63) is 59.2 Å². The fourth-order valence-electron chi connectivity index (χ4n) is 2.81. The molecule has 0 unspecified atom stereocenters. The third-order valence-corrected chi connectivity index (χ3v) is 5.35. The van der Waals surface area contributed by atoms with Crippen molar-refractivity contribution < 1.29 is 27.4 Å². The maximum absolute atomic E-state index is 13.0. The molecule has 9 heteroatoms. The van der Waals surface area contributed by atoms with Crippen LogP contribution in [0.1, 0.15) is 21.5 Å². The molecule has 1 aliphatic rings. The van der Waals surface area contributed by atoms with Crippen LogP contribution in [0.4, 0.5) is 13.2 Å². The van der Waals surface area contributed by atoms with Gasteiger partial charge >= 0.3 is 6.18 Å². The summed E-state index contributed by atoms with van der Waals surface area (Å²) in [6.45, 7) is 0.848. The second kappa shape index (κ2) is 8.77. The van der Waals surface area contributed by atoms with Crippen LogP contribution in [0.5, 0.6) is 11.5 Å². The number of aliphatic imine (C=N–C) groups is 1. The lowest BCUT2D eigenvalue weighted by Gasteiger charge is -2.19. The Bertz CT molecular complexity index is 909. The topological polar surface area (TPSA) is 51.1 Å². The van der Waals surface area contributed by atoms with Gasteiger partial charge in [-0.05, 0) is 23.8 Å². The fraction of sp³-hybridized carbons (Fsp3) is 0.300. The van der Waals surface area contributed by atoms with Crippen LogP contribution in [-0.2, 0) is 11.9 Å². The first-order chi connectivity index (χ1) is 13.8. The molecule has 0 aliphatic carbocycles. The normalized spacial score (nSPS) is 14.0. The number of amidine groups is 1. The van der Waals surface area contributed by atoms with Crippen molar-refractivity contribution in [2.45, 2.75) is 11.9 Å². The van der Waals surface area contributed by atoms with E-state index in [-0.39, 0.29) is 11.7 Å². The summed E-state index contributed by atoms with van der Waals surface area (Å²) in [5, 5.41) is 0.481. The number of hydrogen-bond acceptors (Lipinski definition) is 5. The van der Waals surface area contributed by atoms with Gasteiger partial charge in [0.2, 0.25) is 0 Å². The zero-order chi connectivity index (χ0) is 21.0. The predicted molar refractivity (Wildman–Crippen MR) is 106 cm³/mol. The average molecular weight is 424 g/mol. The highest BCUT2D eigenvalue weighted by Gasteiger charge is 2.30. The lowest BCUT2D eigenvalue weighted by atomic mass is 10.1. The quantitative estimate of drug-likeness (QED) is 0.711. The highest BCUT2D eigenvalue weighted by Crippen LogP contribution is 2.31. The monoisotopic (exact) mass is 424 g/mol. The first kappa shape index (κ1) is 21.0. The Morgan fingerprint density at radius 3 is 2.45 bits per heavy atom. The van der Waals surface area contributed by atoms with E-state index in [0.29, 0.717) is 40.9 Å². The molecule has 3 rings (SSSR count). The van der Waals surface area contributed by atoms with Crippen LogP contribution in [0.15, 0.2) is 47.5 Å². The van der Waals surface area contributed by atoms with Gasteiger partial charge < -0.3 is 9.47 Å². The minimum atomic E-state index is -4.39. The number of benzene rings is 2. The number of amides is 1. The van der Waals surface area contributed by atoms with E-state index in [1.54, 1.807) is 24.3 Å². The van der Waals surface area contributed by atoms with Crippen LogP contribution < -0.4 is 9.47 Å². The highest BCUT2D eigenvalue weighted by atomic mass is 32.2. The van der Waals surface area contributed by atoms with E-state index >= 15 is 0 Å². The van der Waals surface area contributed by atoms with Crippen molar-refractivity contribution in [2.24, 2.45) is 4.99 Å². The van der Waals surface area contributed by atoms with Crippen LogP contribution >= 0.6 is 11.8 Å². The van der Waals surface area contributed by atoms with Crippen LogP contribution in [0, 0.1) is 0 Å². The minimum Gasteiger partial charge on any atom is -0.497 e. The zero-order valence-electron chi connectivity index (χ0n) is 15.8. The summed E-state index contributed by atoms with van der Waals surface area (Å²) in [5.74, 6) is 0.979. The summed E-state index contributed by atoms with van der Waals surface area (Å²) in [7, 11) is 2.99. The number of carbonyl (C=O) groups is 1. The molecule has 2 aromatic carbocycles. The summed E-state index contributed by atoms with van der Waals surface area (Å²) in [6.07, 6.45) is -4.39. The van der Waals surface area contributed by atoms with Crippen LogP contribution in [0.2, 0.25) is 0 Å². The van der Waals surface area contributed by atoms with Gasteiger partial charge in [-0.3, -0.25) is 14.7 Å². The van der Waals surface area contributed by atoms with E-state index in [4.69, 9.17) is 9.47 Å². The number of methoxy groups -OCH3 is 2. The molecule has 29 heavy (non-hydrogen) atoms. The molecule has 154 valence electrons. The largest absolute Gasteiger partial charge is 0.497 e. The fourth-order valence-corrected chi connectivity index (χ4v) is 3.80. The Kier molecular flexibility index (Phi) is 6.36. The molecular formula is C20H19F3N2O3S. The first-order valence-corrected chi connectivity index (χ1v) is 9.68. The van der Waals surface area contributed by atoms with E-state index in [1.165, 1.54) is 36.9 Å². The maximum atomic E-state index is 13.0. The molecular weight excluding hydrogens is 405 g/mol. The number of halogens is 3. The predicted octanol–water partition coefficient (Wildman–Crippen LogP) is 4.47. The van der Waals surface area contributed by atoms with E-state index in [9.17, 15) is 18.0 Å². The van der Waals surface area contributed by atoms with E-state index in [2.05, 4.69) is 4.99 Å². The lowest BCUT2D eigenvalue weighted by molar-refractivity contribution is -0.137. The van der Waals surface area contributed by atoms with Crippen molar-refractivity contribution >= 4 is 22.8 Å². The Balaban J connectivity index is 1.73. The maximum Gasteiger partial charge on any atom is 0.416 e. The molecule has 0 radical (unpaired) electrons. The molecule has 0 fully saturated rings. The number of carbonyl (C=O) groups excluding carboxylic acids is 1. The van der Waals surface area contributed by atoms with Gasteiger partial charge in [-0.25, -0.2) is 0 Å². The van der Waals surface area contributed by atoms with E-state index in [1.807, 2.05) is 0 Å². The van der Waals surface area contributed by atoms with Crippen LogP contribution in [-0.4, -0.2) is 43.3 Å². The molecule has 0 atom stereocenters. The Hall–Kier alpha value is -2.68. The third-order valence-electron chi connectivity index (χ3n) is 4.27. The smallest absolute Gasteiger partial charge is 0.416 e. The summed E-state index contributed by atoms with van der Waals surface area (Å²) >= 11 is 1.23. The van der Waals surface area contributed by atoms with E-state index < -0.39 is 11.7 Å². The third kappa shape index (κ3) is 5.03. The lowest BCUT2D eigenvalue weighted by Crippen LogP contribution is -2.32. The number of rotatable bonds is 5. The second-order valence-electron chi connectivity index (χ2n) is 6.21. The molecule has 5 nitrogen and oxygen atoms in total. The van der Waals surface area contributed by atoms with Gasteiger partial charge in [0, 0.05) is 23.9 Å². The van der Waals surface area contributed by atoms with Gasteiger partial charge in [-0.1, -0.05) is 30.0 Å². The second-order valence-corrected chi connectivity index (χ2v) is 7.15. The molecule has 0 saturated heterocycles. The Morgan fingerprint density at radius 2 is 1.83 bits per heavy atom. The molecule has 0 spiro atoms. The van der Waals surface area contributed by atoms with Crippen molar-refractivity contribution in [1.82, 2.24) is 4.90 Å². The molecule has 1 heterocycles. The van der Waals surface area contributed by atoms with Crippen molar-refractivity contribution in [3.8, 4) is 11.5 Å². The zero-order valence-corrected chi connectivity index (χ0v) is 16.6. The Labute approximate surface area is 170 Å². The molecule has 0 aromatic heterocycles. The number of nitrogens with zero attached hydrogens (tertiary/aromatic N) is 2. The summed E-state index contributed by atoms with van der Waals surface area (Å²) < 4.78 is 49.1. The van der Waals surface area contributed by atoms with Gasteiger partial charge in [-0.15, -0.1) is 0 Å². The summed E-state index contributed by atoms with van der Waals surface area (Å²) in [4.78, 5) is 18.8. The SMILES string of the molecule is COc1cc(OC)cc(C(=O)N2CCN=C2SCc2cccc(C(F)(F)F)c2)c1. The molecule has 2 aromatic rings. The summed E-state index contributed by atoms with van der Waals surface area (Å²) in [5.41, 5.74) is 0.200. The molecule has 0 bridgehead atoms. The Morgan fingerprint density at radius 1 is 1.14 bits per heavy atom. The molecule has 0 N–H and O–H groups in total. The number of thioether (sulfide) groups is 1. The van der Waals surface area contributed by atoms with Gasteiger partial charge in [0.1, 0.15) is 11.5 Å². The van der Waals surface area contributed by atoms with E-state index in [0.717, 1.165) is 12.1 Å². The van der Waals surface area contributed by atoms with Crippen LogP contribution in [0.3, 0.4) is 0 Å². The summed E-state index contributed by atoms with van der Waals surface area (Å²) in [6, 6.07) is 10.0. The number of hydrogen-bond donors (Lipinski definition) is 0. The van der Waals surface area contributed by atoms with Gasteiger partial charge in [0.05, 0.1) is 26.3 Å². The highest BCUT2D eigenvalue weighted by molar-refractivity contribution is 8.13. The van der Waals surface area contributed by atoms with Gasteiger partial charge in [0.25, 0.3) is 5.91 Å². The standard InChI is InChI=1S/C20H19F3N2O3S/c1-27-16-9-14(10-17(11-16)28-2)18(26)25-7-6-24-19(25)29-12-13-4-3-5-15(8-13)20(21,22)23/h3-5,8-11H,6-7,12H2,1-2H3. The van der Waals surface area contributed by atoms with Crippen molar-refractivity contribution in [3.63, 3.8) is 0 Å². The molecule has 1 aliphatic heterocycles. The van der Waals surface area contributed by atoms with Crippen molar-refractivity contribution in [1.29, 1.82) is 0 Å². The molecule has 0 saturated carbocycles. The molecule has 1 amide bonds. The van der Waals surface area contributed by atoms with Crippen LogP contribution in [0.25, 0.3) is 0 Å². The average Bonchev–Trinajstić information content (AvgIpc) is 3.19. The van der Waals surface area contributed by atoms with Gasteiger partial charge in [0.15, 0.2) is 5.17 Å². The minimum absolute atomic E-state index is 0.269. The van der Waals surface area contributed by atoms with Crippen molar-refractivity contribution in [2.75, 3.05) is 27.3 Å². The number of ether oxygens (including phenoxy) is 2.